The van der Waals surface area contributed by atoms with Crippen LogP contribution in [-0.4, -0.2) is 51.9 Å². The van der Waals surface area contributed by atoms with Crippen LogP contribution in [0.4, 0.5) is 4.39 Å². The Labute approximate surface area is 222 Å². The van der Waals surface area contributed by atoms with Crippen molar-refractivity contribution >= 4 is 11.9 Å². The fourth-order valence-corrected chi connectivity index (χ4v) is 3.36. The molecule has 0 aliphatic heterocycles. The Morgan fingerprint density at radius 2 is 1.62 bits per heavy atom. The number of hydrogen-bond acceptors (Lipinski definition) is 11. The summed E-state index contributed by atoms with van der Waals surface area (Å²) >= 11 is 0. The molecule has 39 heavy (non-hydrogen) atoms. The molecule has 12 nitrogen and oxygen atoms in total. The number of carbonyl (C=O) groups is 2. The van der Waals surface area contributed by atoms with Gasteiger partial charge in [0.25, 0.3) is 11.8 Å². The van der Waals surface area contributed by atoms with Crippen LogP contribution in [0.25, 0.3) is 22.8 Å². The number of carbonyl (C=O) groups excluding carboxylic acids is 2. The molecule has 3 N–H and O–H groups in total. The minimum Gasteiger partial charge on any atom is -0.481 e. The first kappa shape index (κ1) is 27.4. The molecule has 0 aliphatic rings. The maximum atomic E-state index is 14.6. The van der Waals surface area contributed by atoms with Crippen LogP contribution >= 0.6 is 0 Å². The van der Waals surface area contributed by atoms with Crippen molar-refractivity contribution in [1.29, 1.82) is 0 Å². The maximum absolute atomic E-state index is 14.6. The molecule has 0 saturated heterocycles. The van der Waals surface area contributed by atoms with Gasteiger partial charge in [0, 0.05) is 17.0 Å². The predicted octanol–water partition coefficient (Wildman–Crippen LogP) is 3.42. The largest absolute Gasteiger partial charge is 0.481 e. The second-order valence-corrected chi connectivity index (χ2v) is 8.73. The van der Waals surface area contributed by atoms with Gasteiger partial charge in [0.1, 0.15) is 18.2 Å². The first-order valence-corrected chi connectivity index (χ1v) is 12.1. The Hall–Kier alpha value is -4.65. The van der Waals surface area contributed by atoms with E-state index in [2.05, 4.69) is 25.6 Å². The smallest absolute Gasteiger partial charge is 0.319 e. The number of nitrogens with two attached hydrogens (primary N) is 1. The van der Waals surface area contributed by atoms with Gasteiger partial charge in [0.15, 0.2) is 6.10 Å². The van der Waals surface area contributed by atoms with Crippen LogP contribution in [-0.2, 0) is 9.53 Å². The zero-order chi connectivity index (χ0) is 27.9. The summed E-state index contributed by atoms with van der Waals surface area (Å²) in [7, 11) is 0. The molecule has 0 radical (unpaired) electrons. The van der Waals surface area contributed by atoms with Gasteiger partial charge < -0.3 is 29.6 Å². The number of benzene rings is 2. The molecule has 2 aromatic carbocycles. The van der Waals surface area contributed by atoms with Gasteiger partial charge in [-0.2, -0.15) is 9.97 Å². The van der Waals surface area contributed by atoms with E-state index in [0.717, 1.165) is 11.6 Å². The first-order chi connectivity index (χ1) is 18.7. The maximum Gasteiger partial charge on any atom is 0.319 e. The van der Waals surface area contributed by atoms with E-state index in [1.165, 1.54) is 12.1 Å². The van der Waals surface area contributed by atoms with Crippen molar-refractivity contribution in [2.75, 3.05) is 19.7 Å². The third kappa shape index (κ3) is 6.82. The quantitative estimate of drug-likeness (QED) is 0.212. The number of rotatable bonds is 11. The van der Waals surface area contributed by atoms with Gasteiger partial charge in [-0.1, -0.05) is 30.2 Å². The fourth-order valence-electron chi connectivity index (χ4n) is 3.36. The third-order valence-corrected chi connectivity index (χ3v) is 5.44. The summed E-state index contributed by atoms with van der Waals surface area (Å²) < 4.78 is 35.9. The molecule has 4 aromatic rings. The van der Waals surface area contributed by atoms with Crippen LogP contribution in [0.5, 0.6) is 5.75 Å². The van der Waals surface area contributed by atoms with Crippen LogP contribution in [0.3, 0.4) is 0 Å². The summed E-state index contributed by atoms with van der Waals surface area (Å²) in [6.07, 6.45) is -0.599. The van der Waals surface area contributed by atoms with Crippen LogP contribution in [0.1, 0.15) is 54.9 Å². The average molecular weight is 539 g/mol. The molecule has 1 atom stereocenters. The van der Waals surface area contributed by atoms with Crippen molar-refractivity contribution in [3.63, 3.8) is 0 Å². The van der Waals surface area contributed by atoms with Crippen LogP contribution in [0, 0.1) is 5.82 Å². The number of nitrogens with zero attached hydrogens (tertiary/aromatic N) is 4. The topological polar surface area (TPSA) is 168 Å². The monoisotopic (exact) mass is 538 g/mol. The number of ether oxygens (including phenoxy) is 2. The Balaban J connectivity index is 1.35. The van der Waals surface area contributed by atoms with E-state index in [0.29, 0.717) is 23.0 Å². The van der Waals surface area contributed by atoms with Crippen molar-refractivity contribution in [3.05, 3.63) is 65.6 Å². The lowest BCUT2D eigenvalue weighted by molar-refractivity contribution is -0.141. The lowest BCUT2D eigenvalue weighted by atomic mass is 10.1. The molecular weight excluding hydrogens is 511 g/mol. The van der Waals surface area contributed by atoms with Crippen molar-refractivity contribution < 1.29 is 32.5 Å². The summed E-state index contributed by atoms with van der Waals surface area (Å²) in [5, 5.41) is 10.4. The lowest BCUT2D eigenvalue weighted by Gasteiger charge is -2.10. The molecule has 1 amide bonds. The molecule has 13 heteroatoms. The zero-order valence-electron chi connectivity index (χ0n) is 21.5. The Morgan fingerprint density at radius 3 is 2.26 bits per heavy atom. The SMILES string of the molecule is CC(C)c1nc(-c2ccc(OC(C)c3nc(-c4ccc(C(=O)NCCOC(=O)CN)c(F)c4)no3)cc2)no1. The Morgan fingerprint density at radius 1 is 0.974 bits per heavy atom. The average Bonchev–Trinajstić information content (AvgIpc) is 3.62. The molecule has 1 unspecified atom stereocenters. The fraction of sp³-hybridized carbons (Fsp3) is 0.308. The van der Waals surface area contributed by atoms with E-state index in [4.69, 9.17) is 24.3 Å². The highest BCUT2D eigenvalue weighted by molar-refractivity contribution is 5.94. The molecule has 0 aliphatic carbocycles. The highest BCUT2D eigenvalue weighted by Crippen LogP contribution is 2.27. The van der Waals surface area contributed by atoms with Crippen molar-refractivity contribution in [2.24, 2.45) is 5.73 Å². The summed E-state index contributed by atoms with van der Waals surface area (Å²) in [4.78, 5) is 31.9. The number of aromatic nitrogens is 4. The zero-order valence-corrected chi connectivity index (χ0v) is 21.5. The summed E-state index contributed by atoms with van der Waals surface area (Å²) in [5.74, 6) is 0.0163. The number of hydrogen-bond donors (Lipinski definition) is 2. The summed E-state index contributed by atoms with van der Waals surface area (Å²) in [5.41, 5.74) is 6.03. The van der Waals surface area contributed by atoms with E-state index in [-0.39, 0.29) is 42.9 Å². The van der Waals surface area contributed by atoms with Crippen molar-refractivity contribution in [3.8, 4) is 28.5 Å². The Bertz CT molecular complexity index is 1430. The second kappa shape index (κ2) is 12.3. The van der Waals surface area contributed by atoms with Gasteiger partial charge in [-0.3, -0.25) is 9.59 Å². The van der Waals surface area contributed by atoms with Gasteiger partial charge in [-0.25, -0.2) is 4.39 Å². The van der Waals surface area contributed by atoms with Gasteiger partial charge in [0.2, 0.25) is 17.5 Å². The van der Waals surface area contributed by atoms with E-state index >= 15 is 0 Å². The number of halogens is 1. The third-order valence-electron chi connectivity index (χ3n) is 5.44. The number of esters is 1. The van der Waals surface area contributed by atoms with Crippen LogP contribution in [0.15, 0.2) is 51.5 Å². The summed E-state index contributed by atoms with van der Waals surface area (Å²) in [6, 6.07) is 11.1. The standard InChI is InChI=1S/C26H27FN6O6/c1-14(2)25-30-22(32-38-25)16-4-7-18(8-5-16)37-15(3)26-31-23(33-39-26)17-6-9-19(20(27)12-17)24(35)29-10-11-36-21(34)13-28/h4-9,12,14-15H,10-11,13,28H2,1-3H3,(H,29,35). The highest BCUT2D eigenvalue weighted by atomic mass is 19.1. The van der Waals surface area contributed by atoms with Gasteiger partial charge in [-0.05, 0) is 43.3 Å². The normalized spacial score (nSPS) is 11.8. The molecule has 0 bridgehead atoms. The number of nitrogens with one attached hydrogen (secondary N) is 1. The van der Waals surface area contributed by atoms with E-state index in [9.17, 15) is 14.0 Å². The predicted molar refractivity (Wildman–Crippen MR) is 135 cm³/mol. The van der Waals surface area contributed by atoms with Crippen LogP contribution in [0.2, 0.25) is 0 Å². The molecule has 0 fully saturated rings. The molecule has 2 heterocycles. The molecular formula is C26H27FN6O6. The van der Waals surface area contributed by atoms with E-state index in [1.807, 2.05) is 26.0 Å². The first-order valence-electron chi connectivity index (χ1n) is 12.1. The summed E-state index contributed by atoms with van der Waals surface area (Å²) in [6.45, 7) is 5.35. The lowest BCUT2D eigenvalue weighted by Crippen LogP contribution is -2.29. The molecule has 2 aromatic heterocycles. The van der Waals surface area contributed by atoms with Crippen LogP contribution < -0.4 is 15.8 Å². The van der Waals surface area contributed by atoms with Crippen molar-refractivity contribution in [2.45, 2.75) is 32.8 Å². The number of amides is 1. The molecule has 0 saturated carbocycles. The molecule has 0 spiro atoms. The van der Waals surface area contributed by atoms with Crippen molar-refractivity contribution in [1.82, 2.24) is 25.6 Å². The minimum atomic E-state index is -0.776. The second-order valence-electron chi connectivity index (χ2n) is 8.73. The van der Waals surface area contributed by atoms with E-state index < -0.39 is 23.8 Å². The van der Waals surface area contributed by atoms with Gasteiger partial charge in [-0.15, -0.1) is 0 Å². The van der Waals surface area contributed by atoms with E-state index in [1.54, 1.807) is 19.1 Å². The molecule has 204 valence electrons. The molecule has 4 rings (SSSR count). The van der Waals surface area contributed by atoms with Gasteiger partial charge in [0.05, 0.1) is 18.7 Å². The highest BCUT2D eigenvalue weighted by Gasteiger charge is 2.19. The van der Waals surface area contributed by atoms with Gasteiger partial charge >= 0.3 is 5.97 Å². The Kier molecular flexibility index (Phi) is 8.61. The minimum absolute atomic E-state index is 0.0107.